The van der Waals surface area contributed by atoms with Gasteiger partial charge in [-0.1, -0.05) is 75.3 Å². The van der Waals surface area contributed by atoms with Crippen molar-refractivity contribution in [2.45, 2.75) is 12.8 Å². The number of anilines is 1. The molecule has 2 nitrogen and oxygen atoms in total. The molecule has 0 spiro atoms. The molecule has 0 fully saturated rings. The number of halogens is 3. The Labute approximate surface area is 225 Å². The zero-order valence-electron chi connectivity index (χ0n) is 19.6. The Bertz CT molecular complexity index is 1230. The van der Waals surface area contributed by atoms with Crippen LogP contribution in [0.3, 0.4) is 0 Å². The predicted molar refractivity (Wildman–Crippen MR) is 147 cm³/mol. The second-order valence-electron chi connectivity index (χ2n) is 8.23. The zero-order valence-corrected chi connectivity index (χ0v) is 23.7. The summed E-state index contributed by atoms with van der Waals surface area (Å²) in [6, 6.07) is 29.6. The third-order valence-corrected chi connectivity index (χ3v) is 6.79. The molecule has 0 aromatic heterocycles. The van der Waals surface area contributed by atoms with E-state index in [9.17, 15) is 9.50 Å². The summed E-state index contributed by atoms with van der Waals surface area (Å²) in [5.41, 5.74) is 5.30. The van der Waals surface area contributed by atoms with Gasteiger partial charge in [-0.15, -0.1) is 0 Å². The molecule has 1 unspecified atom stereocenters. The second-order valence-corrected chi connectivity index (χ2v) is 12.1. The topological polar surface area (TPSA) is 23.5 Å². The van der Waals surface area contributed by atoms with Crippen molar-refractivity contribution in [1.82, 2.24) is 0 Å². The van der Waals surface area contributed by atoms with Gasteiger partial charge in [-0.3, -0.25) is 0 Å². The van der Waals surface area contributed by atoms with Gasteiger partial charge in [0.15, 0.2) is 0 Å². The van der Waals surface area contributed by atoms with E-state index in [1.807, 2.05) is 61.5 Å². The first-order valence-electron chi connectivity index (χ1n) is 11.0. The van der Waals surface area contributed by atoms with Crippen LogP contribution in [-0.2, 0) is 29.9 Å². The molecule has 4 aromatic carbocycles. The molecule has 4 rings (SSSR count). The fourth-order valence-electron chi connectivity index (χ4n) is 3.87. The monoisotopic (exact) mass is 561 g/mol. The minimum atomic E-state index is -0.556. The van der Waals surface area contributed by atoms with Gasteiger partial charge in [-0.2, -0.15) is 0 Å². The van der Waals surface area contributed by atoms with Gasteiger partial charge in [0.2, 0.25) is 0 Å². The van der Waals surface area contributed by atoms with Crippen molar-refractivity contribution in [1.29, 1.82) is 0 Å². The Morgan fingerprint density at radius 2 is 1.34 bits per heavy atom. The number of phenols is 1. The summed E-state index contributed by atoms with van der Waals surface area (Å²) in [5.74, 6) is 0.0760. The molecule has 1 atom stereocenters. The summed E-state index contributed by atoms with van der Waals surface area (Å²) < 4.78 is 13.9. The van der Waals surface area contributed by atoms with Crippen LogP contribution in [0.1, 0.15) is 22.3 Å². The van der Waals surface area contributed by atoms with Gasteiger partial charge < -0.3 is 10.0 Å². The number of hydrogen-bond donors (Lipinski definition) is 1. The number of hydrogen-bond acceptors (Lipinski definition) is 2. The van der Waals surface area contributed by atoms with E-state index < -0.39 is 17.0 Å². The minimum absolute atomic E-state index is 0.219. The number of aromatic hydroxyl groups is 1. The van der Waals surface area contributed by atoms with E-state index >= 15 is 0 Å². The average Bonchev–Trinajstić information content (AvgIpc) is 2.84. The number of benzene rings is 4. The molecule has 0 saturated heterocycles. The molecule has 180 valence electrons. The normalized spacial score (nSPS) is 10.7. The van der Waals surface area contributed by atoms with Crippen LogP contribution < -0.4 is 15.5 Å². The summed E-state index contributed by atoms with van der Waals surface area (Å²) in [5, 5.41) is 13.1. The molecule has 0 radical (unpaired) electrons. The van der Waals surface area contributed by atoms with Gasteiger partial charge in [-0.05, 0) is 52.9 Å². The van der Waals surface area contributed by atoms with E-state index in [4.69, 9.17) is 18.6 Å². The number of nitrogens with zero attached hydrogens (tertiary/aromatic N) is 1. The van der Waals surface area contributed by atoms with Crippen LogP contribution in [0.2, 0.25) is 0 Å². The van der Waals surface area contributed by atoms with Crippen LogP contribution in [0.5, 0.6) is 5.75 Å². The van der Waals surface area contributed by atoms with Crippen molar-refractivity contribution in [2.24, 2.45) is 0 Å². The van der Waals surface area contributed by atoms with Crippen molar-refractivity contribution in [3.05, 3.63) is 119 Å². The Hall–Kier alpha value is -1.87. The van der Waals surface area contributed by atoms with Crippen LogP contribution in [-0.4, -0.2) is 19.2 Å². The first-order valence-corrected chi connectivity index (χ1v) is 16.3. The third-order valence-electron chi connectivity index (χ3n) is 5.45. The van der Waals surface area contributed by atoms with E-state index in [1.165, 1.54) is 11.6 Å². The molecule has 0 aliphatic carbocycles. The Morgan fingerprint density at radius 3 is 1.91 bits per heavy atom. The summed E-state index contributed by atoms with van der Waals surface area (Å²) in [4.78, 5) is 1.92. The Balaban J connectivity index is 0.00000108. The van der Waals surface area contributed by atoms with Crippen molar-refractivity contribution in [2.75, 3.05) is 19.0 Å². The van der Waals surface area contributed by atoms with E-state index in [2.05, 4.69) is 36.4 Å². The average molecular weight is 562 g/mol. The first kappa shape index (κ1) is 27.7. The van der Waals surface area contributed by atoms with Crippen LogP contribution in [0.15, 0.2) is 91.0 Å². The molecule has 0 saturated carbocycles. The Morgan fingerprint density at radius 1 is 0.771 bits per heavy atom. The molecular weight excluding hydrogens is 535 g/mol. The summed E-state index contributed by atoms with van der Waals surface area (Å²) in [6.07, 6.45) is 1.46. The quantitative estimate of drug-likeness (QED) is 0.198. The summed E-state index contributed by atoms with van der Waals surface area (Å²) in [6.45, 7) is 0. The van der Waals surface area contributed by atoms with E-state index in [0.29, 0.717) is 12.2 Å². The first-order chi connectivity index (χ1) is 16.9. The Kier molecular flexibility index (Phi) is 11.1. The molecule has 7 heteroatoms. The van der Waals surface area contributed by atoms with Crippen molar-refractivity contribution in [3.63, 3.8) is 0 Å². The van der Waals surface area contributed by atoms with Crippen molar-refractivity contribution < 1.29 is 26.5 Å². The van der Waals surface area contributed by atoms with Crippen LogP contribution >= 0.6 is 27.2 Å². The maximum absolute atomic E-state index is 13.9. The van der Waals surface area contributed by atoms with Crippen LogP contribution in [0.4, 0.5) is 10.1 Å². The number of phenolic OH excluding ortho intramolecular Hbond substituents is 1. The second kappa shape index (κ2) is 14.0. The third kappa shape index (κ3) is 8.34. The van der Waals surface area contributed by atoms with E-state index in [1.54, 1.807) is 6.07 Å². The predicted octanol–water partition coefficient (Wildman–Crippen LogP) is 6.78. The molecule has 35 heavy (non-hydrogen) atoms. The molecule has 4 aromatic rings. The van der Waals surface area contributed by atoms with Crippen LogP contribution in [0, 0.1) is 5.82 Å². The maximum atomic E-state index is 13.9. The van der Waals surface area contributed by atoms with Gasteiger partial charge in [0, 0.05) is 36.8 Å². The molecule has 0 bridgehead atoms. The van der Waals surface area contributed by atoms with Gasteiger partial charge in [0.05, 0.1) is 0 Å². The van der Waals surface area contributed by atoms with Gasteiger partial charge >= 0.3 is 35.6 Å². The molecular formula is C28H27Cl2FNOPTi. The van der Waals surface area contributed by atoms with E-state index in [0.717, 1.165) is 39.4 Å². The zero-order chi connectivity index (χ0) is 25.2. The van der Waals surface area contributed by atoms with Crippen LogP contribution in [0.25, 0.3) is 0 Å². The molecule has 0 aliphatic rings. The number of rotatable bonds is 7. The van der Waals surface area contributed by atoms with Gasteiger partial charge in [0.25, 0.3) is 0 Å². The fourth-order valence-corrected chi connectivity index (χ4v) is 5.28. The molecule has 0 aliphatic heterocycles. The van der Waals surface area contributed by atoms with Crippen molar-refractivity contribution >= 4 is 43.5 Å². The standard InChI is InChI=1S/C28H27FNOP.2ClH.Ti/c1-30(2)25-19-24(29)13-14-26(25)32-27-18-22(15-20-9-5-3-6-10-20)17-23(28(27)31)16-21-11-7-4-8-12-21;;;/h3-14,17-19,31-32H,15-16H2,1-2H3;2*1H;/q;;;+2/p-2. The van der Waals surface area contributed by atoms with Crippen molar-refractivity contribution in [3.8, 4) is 5.75 Å². The molecule has 0 amide bonds. The van der Waals surface area contributed by atoms with Gasteiger partial charge in [-0.25, -0.2) is 4.39 Å². The SMILES string of the molecule is CN(C)c1cc(F)ccc1Pc1cc(Cc2ccccc2)cc(Cc2ccccc2)c1O.[Cl][Ti][Cl]. The summed E-state index contributed by atoms with van der Waals surface area (Å²) >= 11 is -0.556. The summed E-state index contributed by atoms with van der Waals surface area (Å²) in [7, 11) is 13.8. The molecule has 1 N–H and O–H groups in total. The van der Waals surface area contributed by atoms with E-state index in [-0.39, 0.29) is 14.4 Å². The van der Waals surface area contributed by atoms with Gasteiger partial charge in [0.1, 0.15) is 11.6 Å². The fraction of sp³-hybridized carbons (Fsp3) is 0.143. The molecule has 0 heterocycles.